The Balaban J connectivity index is 1.69. The number of hydrogen-bond donors (Lipinski definition) is 2. The summed E-state index contributed by atoms with van der Waals surface area (Å²) in [7, 11) is 0. The van der Waals surface area contributed by atoms with Crippen molar-refractivity contribution < 1.29 is 9.90 Å². The predicted molar refractivity (Wildman–Crippen MR) is 75.7 cm³/mol. The molecule has 0 amide bonds. The highest BCUT2D eigenvalue weighted by Gasteiger charge is 2.46. The second kappa shape index (κ2) is 6.62. The Morgan fingerprint density at radius 2 is 2.00 bits per heavy atom. The molecule has 4 heteroatoms. The number of unbranched alkanes of at least 4 members (excludes halogenated alkanes) is 1. The lowest BCUT2D eigenvalue weighted by Gasteiger charge is -2.27. The van der Waals surface area contributed by atoms with Crippen LogP contribution in [-0.2, 0) is 4.79 Å². The van der Waals surface area contributed by atoms with Gasteiger partial charge in [0.05, 0.1) is 0 Å². The molecule has 0 aromatic carbocycles. The Morgan fingerprint density at radius 1 is 1.28 bits per heavy atom. The number of carbonyl (C=O) groups is 1. The summed E-state index contributed by atoms with van der Waals surface area (Å²) in [5.74, 6) is 0.767. The minimum absolute atomic E-state index is 0.278. The van der Waals surface area contributed by atoms with Gasteiger partial charge in [-0.1, -0.05) is 12.2 Å². The van der Waals surface area contributed by atoms with Gasteiger partial charge >= 0.3 is 5.97 Å². The van der Waals surface area contributed by atoms with Gasteiger partial charge in [0.15, 0.2) is 0 Å². The Morgan fingerprint density at radius 3 is 2.67 bits per heavy atom. The number of carboxylic acids is 1. The summed E-state index contributed by atoms with van der Waals surface area (Å²) in [6.45, 7) is 0.825. The number of thioether (sulfide) groups is 1. The van der Waals surface area contributed by atoms with Crippen molar-refractivity contribution in [3.8, 4) is 0 Å². The van der Waals surface area contributed by atoms with Crippen LogP contribution in [0, 0.1) is 11.8 Å². The van der Waals surface area contributed by atoms with E-state index in [9.17, 15) is 4.79 Å². The number of fused-ring (bicyclic) bond motifs is 2. The van der Waals surface area contributed by atoms with E-state index in [1.807, 2.05) is 0 Å². The topological polar surface area (TPSA) is 63.3 Å². The predicted octanol–water partition coefficient (Wildman–Crippen LogP) is 2.66. The van der Waals surface area contributed by atoms with Crippen LogP contribution in [0.5, 0.6) is 0 Å². The Labute approximate surface area is 113 Å². The van der Waals surface area contributed by atoms with E-state index >= 15 is 0 Å². The maximum atomic E-state index is 10.4. The highest BCUT2D eigenvalue weighted by Crippen LogP contribution is 2.53. The third kappa shape index (κ3) is 3.29. The van der Waals surface area contributed by atoms with Crippen LogP contribution in [0.4, 0.5) is 0 Å². The first-order chi connectivity index (χ1) is 8.72. The Bertz CT molecular complexity index is 319. The maximum absolute atomic E-state index is 10.4. The Hall–Kier alpha value is -0.480. The molecule has 0 aromatic heterocycles. The normalized spacial score (nSPS) is 34.5. The molecule has 3 nitrogen and oxygen atoms in total. The van der Waals surface area contributed by atoms with Gasteiger partial charge in [0.2, 0.25) is 0 Å². The summed E-state index contributed by atoms with van der Waals surface area (Å²) in [4.78, 5) is 10.4. The first kappa shape index (κ1) is 13.9. The molecule has 0 radical (unpaired) electrons. The van der Waals surface area contributed by atoms with Gasteiger partial charge in [0, 0.05) is 16.9 Å². The van der Waals surface area contributed by atoms with Crippen molar-refractivity contribution in [1.82, 2.24) is 0 Å². The largest absolute Gasteiger partial charge is 0.481 e. The molecule has 0 saturated carbocycles. The van der Waals surface area contributed by atoms with Crippen molar-refractivity contribution in [3.05, 3.63) is 12.2 Å². The standard InChI is InChI=1S/C14H23NO2S/c15-9-11-10(12-7-8-13(11)18-12)5-3-1-2-4-6-14(16)17/h1,3,10-13H,2,4-9,15H2,(H,16,17)/t10-,11+,12-,13+/m1/s1. The molecule has 2 bridgehead atoms. The van der Waals surface area contributed by atoms with E-state index in [0.717, 1.165) is 42.2 Å². The fourth-order valence-corrected chi connectivity index (χ4v) is 5.29. The lowest BCUT2D eigenvalue weighted by atomic mass is 9.77. The maximum Gasteiger partial charge on any atom is 0.303 e. The molecule has 102 valence electrons. The zero-order chi connectivity index (χ0) is 13.0. The van der Waals surface area contributed by atoms with Gasteiger partial charge in [-0.3, -0.25) is 4.79 Å². The highest BCUT2D eigenvalue weighted by molar-refractivity contribution is 8.01. The fraction of sp³-hybridized carbons (Fsp3) is 0.786. The molecule has 0 spiro atoms. The smallest absolute Gasteiger partial charge is 0.303 e. The van der Waals surface area contributed by atoms with Gasteiger partial charge in [-0.15, -0.1) is 0 Å². The molecule has 4 atom stereocenters. The summed E-state index contributed by atoms with van der Waals surface area (Å²) in [6, 6.07) is 0. The molecule has 0 aliphatic carbocycles. The van der Waals surface area contributed by atoms with Gasteiger partial charge in [-0.05, 0) is 50.5 Å². The van der Waals surface area contributed by atoms with Crippen LogP contribution in [0.2, 0.25) is 0 Å². The van der Waals surface area contributed by atoms with Crippen molar-refractivity contribution in [3.63, 3.8) is 0 Å². The molecule has 2 fully saturated rings. The molecule has 0 aromatic rings. The minimum Gasteiger partial charge on any atom is -0.481 e. The van der Waals surface area contributed by atoms with Crippen LogP contribution in [0.25, 0.3) is 0 Å². The summed E-state index contributed by atoms with van der Waals surface area (Å²) in [6.07, 6.45) is 10.1. The SMILES string of the molecule is NC[C@H]1[C@@H](CC=CCCCC(=O)O)[C@H]2CC[C@@H]1S2. The number of aliphatic carboxylic acids is 1. The lowest BCUT2D eigenvalue weighted by Crippen LogP contribution is -2.32. The number of nitrogens with two attached hydrogens (primary N) is 1. The number of allylic oxidation sites excluding steroid dienone is 2. The van der Waals surface area contributed by atoms with Crippen molar-refractivity contribution in [2.45, 2.75) is 49.0 Å². The summed E-state index contributed by atoms with van der Waals surface area (Å²) in [5, 5.41) is 10.2. The molecule has 3 N–H and O–H groups in total. The van der Waals surface area contributed by atoms with Gasteiger partial charge in [-0.2, -0.15) is 11.8 Å². The van der Waals surface area contributed by atoms with Crippen molar-refractivity contribution in [2.24, 2.45) is 17.6 Å². The van der Waals surface area contributed by atoms with Crippen LogP contribution in [0.3, 0.4) is 0 Å². The molecular weight excluding hydrogens is 246 g/mol. The average molecular weight is 269 g/mol. The van der Waals surface area contributed by atoms with E-state index in [-0.39, 0.29) is 6.42 Å². The highest BCUT2D eigenvalue weighted by atomic mass is 32.2. The van der Waals surface area contributed by atoms with Crippen LogP contribution >= 0.6 is 11.8 Å². The number of rotatable bonds is 7. The first-order valence-electron chi connectivity index (χ1n) is 6.94. The van der Waals surface area contributed by atoms with Gasteiger partial charge in [-0.25, -0.2) is 0 Å². The van der Waals surface area contributed by atoms with E-state index in [1.54, 1.807) is 0 Å². The summed E-state index contributed by atoms with van der Waals surface area (Å²) < 4.78 is 0. The van der Waals surface area contributed by atoms with E-state index in [2.05, 4.69) is 23.9 Å². The molecule has 2 heterocycles. The zero-order valence-corrected chi connectivity index (χ0v) is 11.6. The van der Waals surface area contributed by atoms with Crippen molar-refractivity contribution in [1.29, 1.82) is 0 Å². The minimum atomic E-state index is -0.698. The zero-order valence-electron chi connectivity index (χ0n) is 10.8. The third-order valence-electron chi connectivity index (χ3n) is 4.20. The lowest BCUT2D eigenvalue weighted by molar-refractivity contribution is -0.137. The van der Waals surface area contributed by atoms with E-state index < -0.39 is 5.97 Å². The van der Waals surface area contributed by atoms with Gasteiger partial charge < -0.3 is 10.8 Å². The van der Waals surface area contributed by atoms with Crippen LogP contribution in [-0.4, -0.2) is 28.1 Å². The number of hydrogen-bond acceptors (Lipinski definition) is 3. The van der Waals surface area contributed by atoms with Crippen LogP contribution in [0.15, 0.2) is 12.2 Å². The van der Waals surface area contributed by atoms with Crippen LogP contribution < -0.4 is 5.73 Å². The van der Waals surface area contributed by atoms with Gasteiger partial charge in [0.1, 0.15) is 0 Å². The van der Waals surface area contributed by atoms with Crippen LogP contribution in [0.1, 0.15) is 38.5 Å². The molecule has 2 aliphatic rings. The van der Waals surface area contributed by atoms with E-state index in [1.165, 1.54) is 12.8 Å². The van der Waals surface area contributed by atoms with E-state index in [4.69, 9.17) is 10.8 Å². The first-order valence-corrected chi connectivity index (χ1v) is 7.89. The molecule has 18 heavy (non-hydrogen) atoms. The molecule has 2 aliphatic heterocycles. The van der Waals surface area contributed by atoms with Crippen molar-refractivity contribution in [2.75, 3.05) is 6.54 Å². The molecular formula is C14H23NO2S. The monoisotopic (exact) mass is 269 g/mol. The quantitative estimate of drug-likeness (QED) is 0.551. The summed E-state index contributed by atoms with van der Waals surface area (Å²) in [5.41, 5.74) is 5.89. The second-order valence-electron chi connectivity index (χ2n) is 5.35. The molecule has 2 saturated heterocycles. The van der Waals surface area contributed by atoms with E-state index in [0.29, 0.717) is 5.92 Å². The second-order valence-corrected chi connectivity index (χ2v) is 6.83. The van der Waals surface area contributed by atoms with Crippen molar-refractivity contribution >= 4 is 17.7 Å². The molecule has 2 rings (SSSR count). The average Bonchev–Trinajstić information content (AvgIpc) is 2.93. The summed E-state index contributed by atoms with van der Waals surface area (Å²) >= 11 is 2.15. The third-order valence-corrected chi connectivity index (χ3v) is 6.07. The fourth-order valence-electron chi connectivity index (χ4n) is 3.27. The molecule has 0 unspecified atom stereocenters. The Kier molecular flexibility index (Phi) is 5.13. The van der Waals surface area contributed by atoms with Gasteiger partial charge in [0.25, 0.3) is 0 Å². The number of carboxylic acid groups (broad SMARTS) is 1.